The average molecular weight is 300 g/mol. The fourth-order valence-electron chi connectivity index (χ4n) is 3.15. The number of nitrogens with zero attached hydrogens (tertiary/aromatic N) is 1. The predicted molar refractivity (Wildman–Crippen MR) is 95.1 cm³/mol. The molecule has 0 fully saturated rings. The maximum Gasteiger partial charge on any atom is 0.221 e. The third-order valence-electron chi connectivity index (χ3n) is 4.04. The van der Waals surface area contributed by atoms with E-state index in [1.165, 1.54) is 17.7 Å². The molecular formula is C20H16N2O. The van der Waals surface area contributed by atoms with Crippen LogP contribution in [0.2, 0.25) is 0 Å². The van der Waals surface area contributed by atoms with Gasteiger partial charge in [0.1, 0.15) is 0 Å². The number of carbonyl (C=O) groups is 1. The van der Waals surface area contributed by atoms with Crippen molar-refractivity contribution < 1.29 is 4.79 Å². The maximum absolute atomic E-state index is 11.5. The zero-order chi connectivity index (χ0) is 15.8. The lowest BCUT2D eigenvalue weighted by atomic mass is 10.2. The molecule has 0 saturated carbocycles. The van der Waals surface area contributed by atoms with E-state index >= 15 is 0 Å². The van der Waals surface area contributed by atoms with Crippen LogP contribution in [0.4, 0.5) is 5.69 Å². The van der Waals surface area contributed by atoms with Gasteiger partial charge in [0.05, 0.1) is 22.4 Å². The van der Waals surface area contributed by atoms with Crippen molar-refractivity contribution in [3.8, 4) is 5.69 Å². The molecule has 1 N–H and O–H groups in total. The molecule has 0 spiro atoms. The minimum absolute atomic E-state index is 0.0711. The van der Waals surface area contributed by atoms with E-state index in [-0.39, 0.29) is 5.91 Å². The fourth-order valence-corrected chi connectivity index (χ4v) is 3.15. The summed E-state index contributed by atoms with van der Waals surface area (Å²) in [5, 5.41) is 5.35. The Labute approximate surface area is 134 Å². The summed E-state index contributed by atoms with van der Waals surface area (Å²) < 4.78 is 2.20. The molecule has 0 atom stereocenters. The van der Waals surface area contributed by atoms with Gasteiger partial charge >= 0.3 is 0 Å². The highest BCUT2D eigenvalue weighted by Crippen LogP contribution is 2.34. The normalized spacial score (nSPS) is 11.0. The summed E-state index contributed by atoms with van der Waals surface area (Å²) in [5.74, 6) is -0.0711. The van der Waals surface area contributed by atoms with Crippen LogP contribution in [-0.4, -0.2) is 10.5 Å². The summed E-state index contributed by atoms with van der Waals surface area (Å²) >= 11 is 0. The molecule has 0 radical (unpaired) electrons. The second-order valence-electron chi connectivity index (χ2n) is 5.57. The number of amides is 1. The van der Waals surface area contributed by atoms with Crippen LogP contribution in [0.1, 0.15) is 6.92 Å². The van der Waals surface area contributed by atoms with Crippen molar-refractivity contribution in [2.24, 2.45) is 0 Å². The summed E-state index contributed by atoms with van der Waals surface area (Å²) in [6.07, 6.45) is 0. The monoisotopic (exact) mass is 300 g/mol. The fraction of sp³-hybridized carbons (Fsp3) is 0.0500. The van der Waals surface area contributed by atoms with Gasteiger partial charge in [-0.15, -0.1) is 0 Å². The zero-order valence-corrected chi connectivity index (χ0v) is 12.8. The summed E-state index contributed by atoms with van der Waals surface area (Å²) in [6.45, 7) is 1.53. The van der Waals surface area contributed by atoms with Gasteiger partial charge in [-0.1, -0.05) is 48.5 Å². The Bertz CT molecular complexity index is 977. The number of aromatic nitrogens is 1. The van der Waals surface area contributed by atoms with E-state index < -0.39 is 0 Å². The number of rotatable bonds is 2. The van der Waals surface area contributed by atoms with E-state index in [1.807, 2.05) is 36.4 Å². The molecular weight excluding hydrogens is 284 g/mol. The van der Waals surface area contributed by atoms with Crippen LogP contribution in [0, 0.1) is 0 Å². The summed E-state index contributed by atoms with van der Waals surface area (Å²) in [6, 6.07) is 24.6. The molecule has 112 valence electrons. The number of benzene rings is 3. The molecule has 0 saturated heterocycles. The van der Waals surface area contributed by atoms with Gasteiger partial charge < -0.3 is 9.88 Å². The van der Waals surface area contributed by atoms with Crippen LogP contribution in [0.25, 0.3) is 27.5 Å². The van der Waals surface area contributed by atoms with Gasteiger partial charge in [-0.25, -0.2) is 0 Å². The number of anilines is 1. The molecule has 1 amide bonds. The molecule has 4 aromatic rings. The summed E-state index contributed by atoms with van der Waals surface area (Å²) in [5.41, 5.74) is 4.05. The molecule has 3 heteroatoms. The Morgan fingerprint density at radius 1 is 0.783 bits per heavy atom. The Kier molecular flexibility index (Phi) is 3.12. The largest absolute Gasteiger partial charge is 0.325 e. The lowest BCUT2D eigenvalue weighted by Crippen LogP contribution is -2.09. The van der Waals surface area contributed by atoms with Crippen molar-refractivity contribution in [1.29, 1.82) is 0 Å². The first kappa shape index (κ1) is 13.6. The molecule has 23 heavy (non-hydrogen) atoms. The highest BCUT2D eigenvalue weighted by atomic mass is 16.1. The van der Waals surface area contributed by atoms with Gasteiger partial charge in [-0.05, 0) is 24.3 Å². The molecule has 3 aromatic carbocycles. The van der Waals surface area contributed by atoms with Crippen molar-refractivity contribution in [2.75, 3.05) is 5.32 Å². The van der Waals surface area contributed by atoms with Crippen LogP contribution in [-0.2, 0) is 4.79 Å². The Morgan fingerprint density at radius 2 is 1.30 bits per heavy atom. The van der Waals surface area contributed by atoms with E-state index in [2.05, 4.69) is 46.3 Å². The molecule has 0 bridgehead atoms. The zero-order valence-electron chi connectivity index (χ0n) is 12.8. The van der Waals surface area contributed by atoms with Crippen molar-refractivity contribution in [3.05, 3.63) is 72.8 Å². The molecule has 0 aliphatic carbocycles. The quantitative estimate of drug-likeness (QED) is 0.570. The lowest BCUT2D eigenvalue weighted by molar-refractivity contribution is -0.114. The summed E-state index contributed by atoms with van der Waals surface area (Å²) in [4.78, 5) is 11.5. The van der Waals surface area contributed by atoms with E-state index in [0.717, 1.165) is 22.4 Å². The molecule has 1 heterocycles. The number of hydrogen-bond acceptors (Lipinski definition) is 1. The Balaban J connectivity index is 2.11. The molecule has 3 nitrogen and oxygen atoms in total. The number of hydrogen-bond donors (Lipinski definition) is 1. The molecule has 4 rings (SSSR count). The minimum atomic E-state index is -0.0711. The summed E-state index contributed by atoms with van der Waals surface area (Å²) in [7, 11) is 0. The predicted octanol–water partition coefficient (Wildman–Crippen LogP) is 4.74. The number of nitrogens with one attached hydrogen (secondary N) is 1. The van der Waals surface area contributed by atoms with Crippen LogP contribution < -0.4 is 5.32 Å². The first-order valence-electron chi connectivity index (χ1n) is 7.61. The molecule has 0 aliphatic heterocycles. The molecule has 0 unspecified atom stereocenters. The smallest absolute Gasteiger partial charge is 0.221 e. The third-order valence-corrected chi connectivity index (χ3v) is 4.04. The first-order valence-corrected chi connectivity index (χ1v) is 7.61. The van der Waals surface area contributed by atoms with Gasteiger partial charge in [-0.2, -0.15) is 0 Å². The van der Waals surface area contributed by atoms with Gasteiger partial charge in [-0.3, -0.25) is 4.79 Å². The minimum Gasteiger partial charge on any atom is -0.325 e. The van der Waals surface area contributed by atoms with Gasteiger partial charge in [0.2, 0.25) is 5.91 Å². The topological polar surface area (TPSA) is 34.0 Å². The van der Waals surface area contributed by atoms with E-state index in [1.54, 1.807) is 0 Å². The lowest BCUT2D eigenvalue weighted by Gasteiger charge is -2.13. The van der Waals surface area contributed by atoms with Gasteiger partial charge in [0.25, 0.3) is 0 Å². The number of para-hydroxylation sites is 4. The van der Waals surface area contributed by atoms with Gasteiger partial charge in [0, 0.05) is 17.7 Å². The number of fused-ring (bicyclic) bond motifs is 3. The Morgan fingerprint density at radius 3 is 1.91 bits per heavy atom. The first-order chi connectivity index (χ1) is 11.3. The standard InChI is InChI=1S/C20H16N2O/c1-14(23)21-17-10-4-7-13-20(17)22-18-11-5-2-8-15(18)16-9-3-6-12-19(16)22/h2-13H,1H3,(H,21,23). The van der Waals surface area contributed by atoms with Crippen LogP contribution in [0.5, 0.6) is 0 Å². The molecule has 1 aromatic heterocycles. The Hall–Kier alpha value is -3.07. The van der Waals surface area contributed by atoms with E-state index in [9.17, 15) is 4.79 Å². The van der Waals surface area contributed by atoms with E-state index in [0.29, 0.717) is 0 Å². The second kappa shape index (κ2) is 5.29. The molecule has 0 aliphatic rings. The van der Waals surface area contributed by atoms with Crippen molar-refractivity contribution >= 4 is 33.4 Å². The average Bonchev–Trinajstić information content (AvgIpc) is 2.90. The third kappa shape index (κ3) is 2.18. The van der Waals surface area contributed by atoms with Gasteiger partial charge in [0.15, 0.2) is 0 Å². The maximum atomic E-state index is 11.5. The van der Waals surface area contributed by atoms with Crippen LogP contribution >= 0.6 is 0 Å². The van der Waals surface area contributed by atoms with Crippen LogP contribution in [0.15, 0.2) is 72.8 Å². The van der Waals surface area contributed by atoms with Crippen LogP contribution in [0.3, 0.4) is 0 Å². The van der Waals surface area contributed by atoms with Crippen molar-refractivity contribution in [1.82, 2.24) is 4.57 Å². The van der Waals surface area contributed by atoms with E-state index in [4.69, 9.17) is 0 Å². The highest BCUT2D eigenvalue weighted by Gasteiger charge is 2.13. The SMILES string of the molecule is CC(=O)Nc1ccccc1-n1c2ccccc2c2ccccc21. The number of carbonyl (C=O) groups excluding carboxylic acids is 1. The van der Waals surface area contributed by atoms with Crippen molar-refractivity contribution in [2.45, 2.75) is 6.92 Å². The highest BCUT2D eigenvalue weighted by molar-refractivity contribution is 6.09. The van der Waals surface area contributed by atoms with Crippen molar-refractivity contribution in [3.63, 3.8) is 0 Å². The second-order valence-corrected chi connectivity index (χ2v) is 5.57.